The molecule has 2 heterocycles. The largest absolute Gasteiger partial charge is 0.461 e. The van der Waals surface area contributed by atoms with Gasteiger partial charge in [-0.1, -0.05) is 80.4 Å². The van der Waals surface area contributed by atoms with Crippen LogP contribution in [0.25, 0.3) is 0 Å². The van der Waals surface area contributed by atoms with Crippen molar-refractivity contribution in [3.05, 3.63) is 51.7 Å². The van der Waals surface area contributed by atoms with Crippen molar-refractivity contribution < 1.29 is 61.9 Å². The Bertz CT molecular complexity index is 2060. The average molecular weight is 1090 g/mol. The first-order chi connectivity index (χ1) is 36.3. The molecule has 0 radical (unpaired) electrons. The molecule has 2 aromatic rings. The molecule has 0 spiro atoms. The monoisotopic (exact) mass is 1090 g/mol. The second-order valence-corrected chi connectivity index (χ2v) is 21.5. The van der Waals surface area contributed by atoms with E-state index in [9.17, 15) is 38.3 Å². The zero-order valence-electron chi connectivity index (χ0n) is 47.2. The summed E-state index contributed by atoms with van der Waals surface area (Å²) in [6.07, 6.45) is 4.04. The SMILES string of the molecule is CCCO[C@H](C[C@H](C(C)C)N(CCC)C(=O)[C@@H](NC(=O)[C@H]1CCCCN1C)[C@@H](C)CC)c1nc(C(=O)N[C@@H](Cc2ccc(F)cc2)C[C@H](C)C(=O)OC(C)CNC(=O)CCCC(=O)OCC(OC)OC(CC)CO)cs1. The van der Waals surface area contributed by atoms with Crippen molar-refractivity contribution in [1.29, 1.82) is 0 Å². The minimum absolute atomic E-state index is 0.0105. The van der Waals surface area contributed by atoms with Gasteiger partial charge in [0.2, 0.25) is 17.7 Å². The van der Waals surface area contributed by atoms with Crippen LogP contribution in [0.2, 0.25) is 0 Å². The van der Waals surface area contributed by atoms with E-state index in [1.54, 1.807) is 31.4 Å². The van der Waals surface area contributed by atoms with E-state index in [2.05, 4.69) is 34.7 Å². The molecular formula is C56H91FN6O12S. The highest BCUT2D eigenvalue weighted by Gasteiger charge is 2.38. The lowest BCUT2D eigenvalue weighted by Gasteiger charge is -2.40. The number of nitrogens with one attached hydrogen (secondary N) is 3. The van der Waals surface area contributed by atoms with Crippen molar-refractivity contribution in [2.24, 2.45) is 17.8 Å². The molecule has 1 aromatic carbocycles. The summed E-state index contributed by atoms with van der Waals surface area (Å²) in [5.41, 5.74) is 0.900. The molecule has 3 rings (SSSR count). The number of halogens is 1. The Morgan fingerprint density at radius 2 is 1.67 bits per heavy atom. The minimum atomic E-state index is -0.831. The van der Waals surface area contributed by atoms with Gasteiger partial charge in [0, 0.05) is 57.0 Å². The number of carbonyl (C=O) groups excluding carboxylic acids is 6. The predicted octanol–water partition coefficient (Wildman–Crippen LogP) is 7.31. The highest BCUT2D eigenvalue weighted by molar-refractivity contribution is 7.09. The molecule has 10 atom stereocenters. The van der Waals surface area contributed by atoms with Gasteiger partial charge in [-0.15, -0.1) is 11.3 Å². The number of nitrogens with zero attached hydrogens (tertiary/aromatic N) is 3. The molecule has 20 heteroatoms. The number of likely N-dealkylation sites (tertiary alicyclic amines) is 1. The van der Waals surface area contributed by atoms with Gasteiger partial charge >= 0.3 is 11.9 Å². The van der Waals surface area contributed by atoms with Crippen LogP contribution in [0.1, 0.15) is 167 Å². The highest BCUT2D eigenvalue weighted by atomic mass is 32.1. The van der Waals surface area contributed by atoms with Gasteiger partial charge in [-0.25, -0.2) is 9.37 Å². The Labute approximate surface area is 455 Å². The lowest BCUT2D eigenvalue weighted by molar-refractivity contribution is -0.194. The van der Waals surface area contributed by atoms with Crippen LogP contribution in [-0.4, -0.2) is 152 Å². The Kier molecular flexibility index (Phi) is 30.3. The van der Waals surface area contributed by atoms with Crippen LogP contribution in [0.4, 0.5) is 4.39 Å². The number of aliphatic hydroxyl groups is 1. The number of amides is 4. The first kappa shape index (κ1) is 65.7. The second kappa shape index (κ2) is 35.0. The predicted molar refractivity (Wildman–Crippen MR) is 290 cm³/mol. The van der Waals surface area contributed by atoms with Gasteiger partial charge in [-0.2, -0.15) is 0 Å². The number of likely N-dealkylation sites (N-methyl/N-ethyl adjacent to an activating group) is 1. The van der Waals surface area contributed by atoms with E-state index >= 15 is 0 Å². The number of hydrogen-bond acceptors (Lipinski definition) is 15. The van der Waals surface area contributed by atoms with Crippen LogP contribution in [0.3, 0.4) is 0 Å². The zero-order chi connectivity index (χ0) is 56.3. The van der Waals surface area contributed by atoms with E-state index in [4.69, 9.17) is 28.7 Å². The maximum Gasteiger partial charge on any atom is 0.309 e. The number of methoxy groups -OCH3 is 1. The molecule has 4 amide bonds. The van der Waals surface area contributed by atoms with Crippen molar-refractivity contribution in [3.63, 3.8) is 0 Å². The maximum atomic E-state index is 14.8. The van der Waals surface area contributed by atoms with Crippen molar-refractivity contribution >= 4 is 46.9 Å². The standard InChI is InChI=1S/C56H91FN6O12S/c1-12-26-63(55(69)51(37(7)14-3)61-53(68)45-19-16-17-27-62(45)10)46(36(5)6)31-47(72-28-13-2)54-60-44(35-76-54)52(67)59-42(30-40-22-24-41(57)25-23-40)29-38(8)56(70)74-39(9)32-58-48(65)20-18-21-49(66)73-34-50(71-11)75-43(15-4)33-64/h22-25,35-39,42-43,45-47,50-51,64H,12-21,26-34H2,1-11H3,(H,58,65)(H,59,67)(H,61,68)/t37-,38-,39?,42+,43?,45+,46+,47+,50?,51-/m0/s1. The smallest absolute Gasteiger partial charge is 0.309 e. The highest BCUT2D eigenvalue weighted by Crippen LogP contribution is 2.32. The van der Waals surface area contributed by atoms with Crippen molar-refractivity contribution in [2.45, 2.75) is 195 Å². The molecule has 1 aliphatic heterocycles. The van der Waals surface area contributed by atoms with Crippen molar-refractivity contribution in [3.8, 4) is 0 Å². The van der Waals surface area contributed by atoms with Gasteiger partial charge in [0.15, 0.2) is 6.29 Å². The van der Waals surface area contributed by atoms with Gasteiger partial charge < -0.3 is 49.6 Å². The maximum absolute atomic E-state index is 14.8. The molecule has 18 nitrogen and oxygen atoms in total. The number of thiazole rings is 1. The molecule has 1 saturated heterocycles. The van der Waals surface area contributed by atoms with Gasteiger partial charge in [-0.05, 0) is 101 Å². The lowest BCUT2D eigenvalue weighted by Crippen LogP contribution is -2.58. The molecule has 1 aliphatic rings. The number of hydrogen-bond donors (Lipinski definition) is 4. The molecule has 0 bridgehead atoms. The van der Waals surface area contributed by atoms with Crippen molar-refractivity contribution in [1.82, 2.24) is 30.7 Å². The molecule has 3 unspecified atom stereocenters. The van der Waals surface area contributed by atoms with Crippen LogP contribution >= 0.6 is 11.3 Å². The van der Waals surface area contributed by atoms with E-state index in [1.165, 1.54) is 30.6 Å². The Morgan fingerprint density at radius 3 is 2.29 bits per heavy atom. The fraction of sp³-hybridized carbons (Fsp3) is 0.732. The van der Waals surface area contributed by atoms with Gasteiger partial charge in [0.1, 0.15) is 41.4 Å². The molecule has 430 valence electrons. The van der Waals surface area contributed by atoms with Crippen LogP contribution in [0.15, 0.2) is 29.6 Å². The molecule has 0 aliphatic carbocycles. The number of rotatable bonds is 36. The van der Waals surface area contributed by atoms with Gasteiger partial charge in [0.05, 0.1) is 31.2 Å². The summed E-state index contributed by atoms with van der Waals surface area (Å²) in [5, 5.41) is 20.6. The average Bonchev–Trinajstić information content (AvgIpc) is 3.90. The van der Waals surface area contributed by atoms with Gasteiger partial charge in [-0.3, -0.25) is 33.7 Å². The number of piperidine rings is 1. The number of esters is 2. The van der Waals surface area contributed by atoms with E-state index in [1.807, 2.05) is 46.6 Å². The van der Waals surface area contributed by atoms with E-state index in [-0.39, 0.29) is 99.2 Å². The number of aromatic nitrogens is 1. The fourth-order valence-corrected chi connectivity index (χ4v) is 9.93. The summed E-state index contributed by atoms with van der Waals surface area (Å²) < 4.78 is 42.1. The molecule has 0 saturated carbocycles. The molecule has 4 N–H and O–H groups in total. The summed E-state index contributed by atoms with van der Waals surface area (Å²) in [6, 6.07) is 4.07. The van der Waals surface area contributed by atoms with Gasteiger partial charge in [0.25, 0.3) is 5.91 Å². The first-order valence-corrected chi connectivity index (χ1v) is 28.5. The lowest BCUT2D eigenvalue weighted by atomic mass is 9.92. The van der Waals surface area contributed by atoms with Crippen LogP contribution in [0, 0.1) is 23.6 Å². The van der Waals surface area contributed by atoms with Crippen molar-refractivity contribution in [2.75, 3.05) is 53.6 Å². The number of ether oxygens (including phenoxy) is 5. The molecular weight excluding hydrogens is 1000 g/mol. The normalized spacial score (nSPS) is 17.5. The third kappa shape index (κ3) is 22.4. The summed E-state index contributed by atoms with van der Waals surface area (Å²) in [4.78, 5) is 89.8. The first-order valence-electron chi connectivity index (χ1n) is 27.6. The van der Waals surface area contributed by atoms with E-state index < -0.39 is 66.3 Å². The van der Waals surface area contributed by atoms with E-state index in [0.29, 0.717) is 43.8 Å². The second-order valence-electron chi connectivity index (χ2n) is 20.6. The molecule has 1 aromatic heterocycles. The Hall–Kier alpha value is -4.60. The van der Waals surface area contributed by atoms with Crippen LogP contribution in [0.5, 0.6) is 0 Å². The third-order valence-corrected chi connectivity index (χ3v) is 14.8. The Balaban J connectivity index is 1.70. The number of aliphatic hydroxyl groups excluding tert-OH is 1. The zero-order valence-corrected chi connectivity index (χ0v) is 48.1. The van der Waals surface area contributed by atoms with Crippen LogP contribution < -0.4 is 16.0 Å². The fourth-order valence-electron chi connectivity index (χ4n) is 9.07. The topological polar surface area (TPSA) is 224 Å². The third-order valence-electron chi connectivity index (χ3n) is 13.9. The molecule has 1 fully saturated rings. The summed E-state index contributed by atoms with van der Waals surface area (Å²) in [7, 11) is 3.37. The summed E-state index contributed by atoms with van der Waals surface area (Å²) in [5.74, 6) is -3.31. The minimum Gasteiger partial charge on any atom is -0.461 e. The molecule has 76 heavy (non-hydrogen) atoms. The Morgan fingerprint density at radius 1 is 0.947 bits per heavy atom. The van der Waals surface area contributed by atoms with Crippen LogP contribution in [-0.2, 0) is 54.1 Å². The summed E-state index contributed by atoms with van der Waals surface area (Å²) in [6.45, 7) is 18.9. The van der Waals surface area contributed by atoms with E-state index in [0.717, 1.165) is 37.8 Å². The number of carbonyl (C=O) groups is 6. The quantitative estimate of drug-likeness (QED) is 0.0388. The summed E-state index contributed by atoms with van der Waals surface area (Å²) >= 11 is 1.30. The number of benzene rings is 1.